The Morgan fingerprint density at radius 2 is 1.77 bits per heavy atom. The van der Waals surface area contributed by atoms with Crippen molar-refractivity contribution in [2.24, 2.45) is 5.10 Å². The summed E-state index contributed by atoms with van der Waals surface area (Å²) < 4.78 is 2.19. The number of hydrogen-bond acceptors (Lipinski definition) is 3. The van der Waals surface area contributed by atoms with E-state index in [9.17, 15) is 4.79 Å². The molecular formula is C24H25Cl2N3OS. The largest absolute Gasteiger partial charge is 0.318 e. The van der Waals surface area contributed by atoms with Crippen molar-refractivity contribution in [2.75, 3.05) is 5.75 Å². The summed E-state index contributed by atoms with van der Waals surface area (Å²) in [4.78, 5) is 12.1. The number of carbonyl (C=O) groups excluding carboxylic acids is 1. The van der Waals surface area contributed by atoms with E-state index in [1.807, 2.05) is 0 Å². The second kappa shape index (κ2) is 10.4. The lowest BCUT2D eigenvalue weighted by atomic mass is 10.1. The third-order valence-corrected chi connectivity index (χ3v) is 6.82. The molecule has 4 nitrogen and oxygen atoms in total. The Labute approximate surface area is 197 Å². The SMILES string of the molecule is Cc1ccc(-n2c(C)cc(/C=N\NC(=O)CSCc3c(Cl)cccc3Cl)c2C)cc1C. The van der Waals surface area contributed by atoms with Gasteiger partial charge in [-0.2, -0.15) is 5.10 Å². The summed E-state index contributed by atoms with van der Waals surface area (Å²) in [6, 6.07) is 13.9. The number of amides is 1. The molecule has 0 aliphatic carbocycles. The highest BCUT2D eigenvalue weighted by Gasteiger charge is 2.11. The molecule has 0 aliphatic rings. The average molecular weight is 474 g/mol. The van der Waals surface area contributed by atoms with Crippen LogP contribution in [-0.4, -0.2) is 22.4 Å². The van der Waals surface area contributed by atoms with E-state index in [4.69, 9.17) is 23.2 Å². The molecule has 3 aromatic rings. The van der Waals surface area contributed by atoms with Crippen LogP contribution in [-0.2, 0) is 10.5 Å². The number of hydrazone groups is 1. The molecule has 3 rings (SSSR count). The van der Waals surface area contributed by atoms with E-state index in [1.54, 1.807) is 24.4 Å². The first-order valence-corrected chi connectivity index (χ1v) is 11.8. The van der Waals surface area contributed by atoms with Gasteiger partial charge in [0.15, 0.2) is 0 Å². The summed E-state index contributed by atoms with van der Waals surface area (Å²) in [5.74, 6) is 0.653. The van der Waals surface area contributed by atoms with Crippen LogP contribution in [0.2, 0.25) is 10.0 Å². The topological polar surface area (TPSA) is 46.4 Å². The molecule has 0 saturated carbocycles. The summed E-state index contributed by atoms with van der Waals surface area (Å²) in [5.41, 5.74) is 10.2. The molecule has 7 heteroatoms. The summed E-state index contributed by atoms with van der Waals surface area (Å²) in [6.45, 7) is 8.34. The third-order valence-electron chi connectivity index (χ3n) is 5.15. The van der Waals surface area contributed by atoms with Crippen molar-refractivity contribution in [3.05, 3.63) is 86.2 Å². The van der Waals surface area contributed by atoms with Gasteiger partial charge in [0.1, 0.15) is 0 Å². The molecule has 0 radical (unpaired) electrons. The van der Waals surface area contributed by atoms with Crippen molar-refractivity contribution in [3.63, 3.8) is 0 Å². The molecule has 1 heterocycles. The Bertz CT molecular complexity index is 1120. The molecule has 0 unspecified atom stereocenters. The van der Waals surface area contributed by atoms with Gasteiger partial charge in [0.25, 0.3) is 0 Å². The van der Waals surface area contributed by atoms with E-state index in [0.717, 1.165) is 28.2 Å². The van der Waals surface area contributed by atoms with Gasteiger partial charge < -0.3 is 4.57 Å². The Balaban J connectivity index is 1.59. The van der Waals surface area contributed by atoms with Gasteiger partial charge >= 0.3 is 0 Å². The molecular weight excluding hydrogens is 449 g/mol. The average Bonchev–Trinajstić information content (AvgIpc) is 3.00. The zero-order chi connectivity index (χ0) is 22.5. The van der Waals surface area contributed by atoms with Crippen LogP contribution in [0.25, 0.3) is 5.69 Å². The van der Waals surface area contributed by atoms with Gasteiger partial charge in [0.2, 0.25) is 5.91 Å². The molecule has 0 saturated heterocycles. The van der Waals surface area contributed by atoms with E-state index < -0.39 is 0 Å². The summed E-state index contributed by atoms with van der Waals surface area (Å²) in [5, 5.41) is 5.36. The highest BCUT2D eigenvalue weighted by atomic mass is 35.5. The van der Waals surface area contributed by atoms with Crippen molar-refractivity contribution in [1.29, 1.82) is 0 Å². The van der Waals surface area contributed by atoms with Crippen LogP contribution in [0.15, 0.2) is 47.6 Å². The van der Waals surface area contributed by atoms with Gasteiger partial charge in [-0.3, -0.25) is 4.79 Å². The standard InChI is InChI=1S/C24H25Cl2N3OS/c1-15-8-9-20(10-16(15)2)29-17(3)11-19(18(29)4)12-27-28-24(30)14-31-13-21-22(25)6-5-7-23(21)26/h5-12H,13-14H2,1-4H3,(H,28,30)/b27-12-. The summed E-state index contributed by atoms with van der Waals surface area (Å²) in [6.07, 6.45) is 1.69. The smallest absolute Gasteiger partial charge is 0.250 e. The molecule has 162 valence electrons. The minimum atomic E-state index is -0.174. The highest BCUT2D eigenvalue weighted by molar-refractivity contribution is 7.99. The number of hydrogen-bond donors (Lipinski definition) is 1. The van der Waals surface area contributed by atoms with E-state index in [-0.39, 0.29) is 11.7 Å². The second-order valence-corrected chi connectivity index (χ2v) is 9.22. The molecule has 0 fully saturated rings. The third kappa shape index (κ3) is 5.73. The molecule has 1 aromatic heterocycles. The minimum Gasteiger partial charge on any atom is -0.318 e. The molecule has 2 aromatic carbocycles. The van der Waals surface area contributed by atoms with E-state index in [0.29, 0.717) is 15.8 Å². The molecule has 0 spiro atoms. The number of carbonyl (C=O) groups is 1. The van der Waals surface area contributed by atoms with Gasteiger partial charge in [-0.15, -0.1) is 11.8 Å². The van der Waals surface area contributed by atoms with Crippen molar-refractivity contribution >= 4 is 47.1 Å². The molecule has 0 atom stereocenters. The van der Waals surface area contributed by atoms with Crippen molar-refractivity contribution in [1.82, 2.24) is 9.99 Å². The van der Waals surface area contributed by atoms with Gasteiger partial charge in [0, 0.05) is 38.4 Å². The maximum absolute atomic E-state index is 12.1. The number of benzene rings is 2. The van der Waals surface area contributed by atoms with E-state index in [2.05, 4.69) is 67.1 Å². The number of nitrogens with zero attached hydrogens (tertiary/aromatic N) is 2. The molecule has 1 amide bonds. The van der Waals surface area contributed by atoms with Gasteiger partial charge in [-0.1, -0.05) is 35.3 Å². The van der Waals surface area contributed by atoms with Crippen LogP contribution in [0.1, 0.15) is 33.6 Å². The van der Waals surface area contributed by atoms with Gasteiger partial charge in [-0.25, -0.2) is 5.43 Å². The van der Waals surface area contributed by atoms with Crippen LogP contribution in [0, 0.1) is 27.7 Å². The normalized spacial score (nSPS) is 11.3. The predicted octanol–water partition coefficient (Wildman–Crippen LogP) is 6.40. The monoisotopic (exact) mass is 473 g/mol. The lowest BCUT2D eigenvalue weighted by Crippen LogP contribution is -2.19. The van der Waals surface area contributed by atoms with Crippen molar-refractivity contribution in [3.8, 4) is 5.69 Å². The number of rotatable bonds is 7. The number of aryl methyl sites for hydroxylation is 3. The van der Waals surface area contributed by atoms with Gasteiger partial charge in [0.05, 0.1) is 12.0 Å². The summed E-state index contributed by atoms with van der Waals surface area (Å²) >= 11 is 13.8. The first-order chi connectivity index (χ1) is 14.8. The van der Waals surface area contributed by atoms with Crippen LogP contribution < -0.4 is 5.43 Å². The van der Waals surface area contributed by atoms with Crippen LogP contribution in [0.4, 0.5) is 0 Å². The molecule has 0 aliphatic heterocycles. The zero-order valence-electron chi connectivity index (χ0n) is 18.0. The Kier molecular flexibility index (Phi) is 7.87. The lowest BCUT2D eigenvalue weighted by molar-refractivity contribution is -0.118. The minimum absolute atomic E-state index is 0.174. The summed E-state index contributed by atoms with van der Waals surface area (Å²) in [7, 11) is 0. The molecule has 31 heavy (non-hydrogen) atoms. The maximum atomic E-state index is 12.1. The fourth-order valence-electron chi connectivity index (χ4n) is 3.30. The zero-order valence-corrected chi connectivity index (χ0v) is 20.3. The predicted molar refractivity (Wildman–Crippen MR) is 133 cm³/mol. The Morgan fingerprint density at radius 3 is 2.45 bits per heavy atom. The Morgan fingerprint density at radius 1 is 1.06 bits per heavy atom. The highest BCUT2D eigenvalue weighted by Crippen LogP contribution is 2.28. The fraction of sp³-hybridized carbons (Fsp3) is 0.250. The first kappa shape index (κ1) is 23.5. The number of thioether (sulfide) groups is 1. The van der Waals surface area contributed by atoms with Crippen LogP contribution in [0.5, 0.6) is 0 Å². The first-order valence-electron chi connectivity index (χ1n) is 9.87. The number of aromatic nitrogens is 1. The molecule has 0 bridgehead atoms. The lowest BCUT2D eigenvalue weighted by Gasteiger charge is -2.11. The van der Waals surface area contributed by atoms with E-state index in [1.165, 1.54) is 22.9 Å². The number of nitrogens with one attached hydrogen (secondary N) is 1. The second-order valence-electron chi connectivity index (χ2n) is 7.42. The molecule has 1 N–H and O–H groups in total. The fourth-order valence-corrected chi connectivity index (χ4v) is 4.86. The number of halogens is 2. The van der Waals surface area contributed by atoms with Gasteiger partial charge in [-0.05, 0) is 74.7 Å². The Hall–Kier alpha value is -2.21. The maximum Gasteiger partial charge on any atom is 0.250 e. The van der Waals surface area contributed by atoms with E-state index >= 15 is 0 Å². The van der Waals surface area contributed by atoms with Crippen LogP contribution >= 0.6 is 35.0 Å². The van der Waals surface area contributed by atoms with Crippen molar-refractivity contribution < 1.29 is 4.79 Å². The van der Waals surface area contributed by atoms with Crippen LogP contribution in [0.3, 0.4) is 0 Å². The van der Waals surface area contributed by atoms with Crippen molar-refractivity contribution in [2.45, 2.75) is 33.4 Å². The quantitative estimate of drug-likeness (QED) is 0.318.